The number of nitrogens with one attached hydrogen (secondary N) is 1. The Labute approximate surface area is 107 Å². The Bertz CT molecular complexity index is 555. The molecule has 0 aliphatic heterocycles. The standard InChI is InChI=1S/C15H18N2O/c1-10-3-4-12(7-11(10)2)15-17-14(9-18-15)8-16-13-5-6-13/h3-4,7,9,13,16H,5-6,8H2,1-2H3. The smallest absolute Gasteiger partial charge is 0.226 e. The van der Waals surface area contributed by atoms with Crippen LogP contribution in [0.2, 0.25) is 0 Å². The zero-order valence-electron chi connectivity index (χ0n) is 10.9. The van der Waals surface area contributed by atoms with E-state index in [1.165, 1.54) is 24.0 Å². The van der Waals surface area contributed by atoms with Crippen LogP contribution >= 0.6 is 0 Å². The summed E-state index contributed by atoms with van der Waals surface area (Å²) in [5, 5.41) is 3.44. The van der Waals surface area contributed by atoms with E-state index in [9.17, 15) is 0 Å². The third-order valence-corrected chi connectivity index (χ3v) is 3.45. The van der Waals surface area contributed by atoms with Crippen LogP contribution in [-0.4, -0.2) is 11.0 Å². The minimum Gasteiger partial charge on any atom is -0.444 e. The van der Waals surface area contributed by atoms with Gasteiger partial charge in [0.1, 0.15) is 6.26 Å². The number of nitrogens with zero attached hydrogens (tertiary/aromatic N) is 1. The molecule has 1 fully saturated rings. The van der Waals surface area contributed by atoms with Crippen LogP contribution in [0.5, 0.6) is 0 Å². The van der Waals surface area contributed by atoms with E-state index in [4.69, 9.17) is 4.42 Å². The third kappa shape index (κ3) is 2.46. The molecule has 1 heterocycles. The summed E-state index contributed by atoms with van der Waals surface area (Å²) >= 11 is 0. The van der Waals surface area contributed by atoms with Crippen LogP contribution in [0.1, 0.15) is 29.7 Å². The van der Waals surface area contributed by atoms with Crippen molar-refractivity contribution in [3.8, 4) is 11.5 Å². The Morgan fingerprint density at radius 3 is 2.83 bits per heavy atom. The highest BCUT2D eigenvalue weighted by molar-refractivity contribution is 5.55. The molecule has 0 spiro atoms. The predicted octanol–water partition coefficient (Wildman–Crippen LogP) is 3.21. The maximum atomic E-state index is 5.55. The average Bonchev–Trinajstić information content (AvgIpc) is 3.08. The molecule has 0 bridgehead atoms. The minimum absolute atomic E-state index is 0.701. The van der Waals surface area contributed by atoms with Gasteiger partial charge in [-0.2, -0.15) is 0 Å². The van der Waals surface area contributed by atoms with E-state index in [2.05, 4.69) is 42.3 Å². The van der Waals surface area contributed by atoms with Gasteiger partial charge in [-0.15, -0.1) is 0 Å². The lowest BCUT2D eigenvalue weighted by molar-refractivity contribution is 0.570. The topological polar surface area (TPSA) is 38.1 Å². The van der Waals surface area contributed by atoms with Crippen LogP contribution in [0.4, 0.5) is 0 Å². The number of aromatic nitrogens is 1. The van der Waals surface area contributed by atoms with Gasteiger partial charge < -0.3 is 9.73 Å². The number of rotatable bonds is 4. The number of benzene rings is 1. The third-order valence-electron chi connectivity index (χ3n) is 3.45. The fourth-order valence-corrected chi connectivity index (χ4v) is 1.93. The van der Waals surface area contributed by atoms with Gasteiger partial charge in [-0.05, 0) is 49.9 Å². The number of hydrogen-bond acceptors (Lipinski definition) is 3. The summed E-state index contributed by atoms with van der Waals surface area (Å²) in [5.41, 5.74) is 4.59. The first-order valence-electron chi connectivity index (χ1n) is 6.48. The molecule has 18 heavy (non-hydrogen) atoms. The quantitative estimate of drug-likeness (QED) is 0.894. The molecule has 2 aromatic rings. The second-order valence-corrected chi connectivity index (χ2v) is 5.10. The van der Waals surface area contributed by atoms with Crippen molar-refractivity contribution < 1.29 is 4.42 Å². The average molecular weight is 242 g/mol. The lowest BCUT2D eigenvalue weighted by Gasteiger charge is -2.01. The molecule has 0 unspecified atom stereocenters. The Morgan fingerprint density at radius 1 is 1.28 bits per heavy atom. The predicted molar refractivity (Wildman–Crippen MR) is 71.3 cm³/mol. The van der Waals surface area contributed by atoms with Crippen LogP contribution in [0.3, 0.4) is 0 Å². The second kappa shape index (κ2) is 4.58. The normalized spacial score (nSPS) is 15.0. The van der Waals surface area contributed by atoms with Crippen LogP contribution in [0.15, 0.2) is 28.9 Å². The van der Waals surface area contributed by atoms with E-state index in [1.807, 2.05) is 0 Å². The monoisotopic (exact) mass is 242 g/mol. The molecule has 94 valence electrons. The summed E-state index contributed by atoms with van der Waals surface area (Å²) in [5.74, 6) is 0.714. The highest BCUT2D eigenvalue weighted by atomic mass is 16.3. The molecule has 3 nitrogen and oxygen atoms in total. The first-order valence-corrected chi connectivity index (χ1v) is 6.48. The van der Waals surface area contributed by atoms with Crippen molar-refractivity contribution in [2.24, 2.45) is 0 Å². The van der Waals surface area contributed by atoms with E-state index < -0.39 is 0 Å². The summed E-state index contributed by atoms with van der Waals surface area (Å²) in [4.78, 5) is 4.52. The van der Waals surface area contributed by atoms with Crippen molar-refractivity contribution in [3.63, 3.8) is 0 Å². The van der Waals surface area contributed by atoms with Crippen molar-refractivity contribution in [1.29, 1.82) is 0 Å². The zero-order valence-corrected chi connectivity index (χ0v) is 10.9. The summed E-state index contributed by atoms with van der Waals surface area (Å²) < 4.78 is 5.55. The van der Waals surface area contributed by atoms with Crippen LogP contribution < -0.4 is 5.32 Å². The molecular formula is C15H18N2O. The van der Waals surface area contributed by atoms with Crippen LogP contribution in [0, 0.1) is 13.8 Å². The van der Waals surface area contributed by atoms with Crippen LogP contribution in [0.25, 0.3) is 11.5 Å². The van der Waals surface area contributed by atoms with E-state index in [1.54, 1.807) is 6.26 Å². The van der Waals surface area contributed by atoms with Gasteiger partial charge in [0, 0.05) is 18.2 Å². The Hall–Kier alpha value is -1.61. The van der Waals surface area contributed by atoms with Gasteiger partial charge in [0.2, 0.25) is 5.89 Å². The van der Waals surface area contributed by atoms with Gasteiger partial charge in [-0.3, -0.25) is 0 Å². The van der Waals surface area contributed by atoms with E-state index in [0.717, 1.165) is 17.8 Å². The fourth-order valence-electron chi connectivity index (χ4n) is 1.93. The Morgan fingerprint density at radius 2 is 2.11 bits per heavy atom. The van der Waals surface area contributed by atoms with Crippen molar-refractivity contribution in [2.75, 3.05) is 0 Å². The van der Waals surface area contributed by atoms with Crippen molar-refractivity contribution >= 4 is 0 Å². The fraction of sp³-hybridized carbons (Fsp3) is 0.400. The largest absolute Gasteiger partial charge is 0.444 e. The molecule has 0 saturated heterocycles. The number of hydrogen-bond donors (Lipinski definition) is 1. The van der Waals surface area contributed by atoms with E-state index >= 15 is 0 Å². The number of oxazole rings is 1. The first-order chi connectivity index (χ1) is 8.72. The van der Waals surface area contributed by atoms with Gasteiger partial charge in [-0.1, -0.05) is 6.07 Å². The second-order valence-electron chi connectivity index (χ2n) is 5.10. The summed E-state index contributed by atoms with van der Waals surface area (Å²) in [6.45, 7) is 5.02. The van der Waals surface area contributed by atoms with Crippen LogP contribution in [-0.2, 0) is 6.54 Å². The highest BCUT2D eigenvalue weighted by Crippen LogP contribution is 2.22. The maximum Gasteiger partial charge on any atom is 0.226 e. The van der Waals surface area contributed by atoms with Crippen molar-refractivity contribution in [2.45, 2.75) is 39.3 Å². The number of aryl methyl sites for hydroxylation is 2. The van der Waals surface area contributed by atoms with Gasteiger partial charge in [-0.25, -0.2) is 4.98 Å². The summed E-state index contributed by atoms with van der Waals surface area (Å²) in [6, 6.07) is 6.99. The maximum absolute atomic E-state index is 5.55. The molecule has 1 aliphatic rings. The molecule has 1 aromatic carbocycles. The van der Waals surface area contributed by atoms with Crippen molar-refractivity contribution in [3.05, 3.63) is 41.3 Å². The Kier molecular flexibility index (Phi) is 2.92. The highest BCUT2D eigenvalue weighted by Gasteiger charge is 2.20. The molecule has 0 amide bonds. The zero-order chi connectivity index (χ0) is 12.5. The summed E-state index contributed by atoms with van der Waals surface area (Å²) in [6.07, 6.45) is 4.34. The molecule has 1 aromatic heterocycles. The molecule has 1 saturated carbocycles. The van der Waals surface area contributed by atoms with Gasteiger partial charge in [0.05, 0.1) is 5.69 Å². The summed E-state index contributed by atoms with van der Waals surface area (Å²) in [7, 11) is 0. The lowest BCUT2D eigenvalue weighted by Crippen LogP contribution is -2.15. The SMILES string of the molecule is Cc1ccc(-c2nc(CNC3CC3)co2)cc1C. The molecule has 0 radical (unpaired) electrons. The van der Waals surface area contributed by atoms with Crippen molar-refractivity contribution in [1.82, 2.24) is 10.3 Å². The molecule has 0 atom stereocenters. The van der Waals surface area contributed by atoms with Gasteiger partial charge >= 0.3 is 0 Å². The molecule has 3 rings (SSSR count). The van der Waals surface area contributed by atoms with E-state index in [-0.39, 0.29) is 0 Å². The Balaban J connectivity index is 1.76. The molecule has 1 aliphatic carbocycles. The lowest BCUT2D eigenvalue weighted by atomic mass is 10.1. The first kappa shape index (κ1) is 11.5. The molecule has 3 heteroatoms. The van der Waals surface area contributed by atoms with Gasteiger partial charge in [0.25, 0.3) is 0 Å². The minimum atomic E-state index is 0.701. The molecular weight excluding hydrogens is 224 g/mol. The molecule has 1 N–H and O–H groups in total. The van der Waals surface area contributed by atoms with Gasteiger partial charge in [0.15, 0.2) is 0 Å². The van der Waals surface area contributed by atoms with E-state index in [0.29, 0.717) is 11.9 Å².